The molecule has 2 aliphatic rings. The highest BCUT2D eigenvalue weighted by Gasteiger charge is 2.36. The van der Waals surface area contributed by atoms with Gasteiger partial charge in [0.25, 0.3) is 0 Å². The number of anilines is 1. The Balaban J connectivity index is 1.48. The van der Waals surface area contributed by atoms with Crippen molar-refractivity contribution in [1.29, 1.82) is 5.26 Å². The second-order valence-corrected chi connectivity index (χ2v) is 9.55. The van der Waals surface area contributed by atoms with Crippen LogP contribution in [0.3, 0.4) is 0 Å². The molecule has 148 valence electrons. The van der Waals surface area contributed by atoms with Crippen molar-refractivity contribution in [2.45, 2.75) is 37.4 Å². The maximum atomic E-state index is 12.9. The molecular formula is C20H24N4O3S. The van der Waals surface area contributed by atoms with Gasteiger partial charge in [-0.25, -0.2) is 12.7 Å². The van der Waals surface area contributed by atoms with Gasteiger partial charge in [-0.15, -0.1) is 0 Å². The summed E-state index contributed by atoms with van der Waals surface area (Å²) in [4.78, 5) is 6.26. The number of hydrogen-bond acceptors (Lipinski definition) is 6. The summed E-state index contributed by atoms with van der Waals surface area (Å²) in [5, 5.41) is 9.10. The van der Waals surface area contributed by atoms with Gasteiger partial charge in [-0.1, -0.05) is 24.6 Å². The third-order valence-electron chi connectivity index (χ3n) is 5.56. The van der Waals surface area contributed by atoms with Crippen LogP contribution in [0.2, 0.25) is 0 Å². The number of benzene rings is 1. The minimum absolute atomic E-state index is 0.246. The molecule has 28 heavy (non-hydrogen) atoms. The van der Waals surface area contributed by atoms with Gasteiger partial charge in [0.1, 0.15) is 6.07 Å². The molecule has 1 aromatic heterocycles. The number of nitriles is 1. The van der Waals surface area contributed by atoms with Crippen molar-refractivity contribution >= 4 is 15.9 Å². The summed E-state index contributed by atoms with van der Waals surface area (Å²) in [5.41, 5.74) is 1.06. The Morgan fingerprint density at radius 1 is 1.04 bits per heavy atom. The van der Waals surface area contributed by atoms with Crippen molar-refractivity contribution in [2.75, 3.05) is 31.1 Å². The topological polar surface area (TPSA) is 90.4 Å². The number of hydrogen-bond donors (Lipinski definition) is 0. The minimum Gasteiger partial charge on any atom is -0.419 e. The molecule has 0 saturated carbocycles. The van der Waals surface area contributed by atoms with E-state index in [4.69, 9.17) is 4.42 Å². The second-order valence-electron chi connectivity index (χ2n) is 7.34. The highest BCUT2D eigenvalue weighted by molar-refractivity contribution is 7.89. The Kier molecular flexibility index (Phi) is 5.38. The van der Waals surface area contributed by atoms with Crippen molar-refractivity contribution in [3.8, 4) is 17.5 Å². The third-order valence-corrected chi connectivity index (χ3v) is 7.96. The van der Waals surface area contributed by atoms with Crippen LogP contribution in [0.1, 0.15) is 37.8 Å². The lowest BCUT2D eigenvalue weighted by atomic mass is 10.1. The van der Waals surface area contributed by atoms with Gasteiger partial charge in [-0.2, -0.15) is 10.2 Å². The molecule has 4 rings (SSSR count). The molecule has 1 aromatic carbocycles. The zero-order valence-electron chi connectivity index (χ0n) is 15.7. The molecule has 0 aliphatic carbocycles. The first-order valence-electron chi connectivity index (χ1n) is 9.80. The molecule has 0 amide bonds. The van der Waals surface area contributed by atoms with Crippen LogP contribution in [-0.4, -0.2) is 49.1 Å². The molecule has 0 unspecified atom stereocenters. The Morgan fingerprint density at radius 3 is 2.36 bits per heavy atom. The fourth-order valence-electron chi connectivity index (χ4n) is 3.99. The van der Waals surface area contributed by atoms with Crippen molar-refractivity contribution in [1.82, 2.24) is 9.29 Å². The second kappa shape index (κ2) is 7.94. The van der Waals surface area contributed by atoms with Crippen molar-refractivity contribution in [3.63, 3.8) is 0 Å². The zero-order valence-corrected chi connectivity index (χ0v) is 16.6. The van der Waals surface area contributed by atoms with Crippen molar-refractivity contribution < 1.29 is 12.8 Å². The van der Waals surface area contributed by atoms with Gasteiger partial charge in [-0.05, 0) is 37.8 Å². The number of piperidine rings is 2. The van der Waals surface area contributed by atoms with E-state index in [1.165, 1.54) is 0 Å². The Labute approximate surface area is 165 Å². The average molecular weight is 401 g/mol. The highest BCUT2D eigenvalue weighted by Crippen LogP contribution is 2.32. The van der Waals surface area contributed by atoms with Gasteiger partial charge in [0, 0.05) is 31.7 Å². The smallest absolute Gasteiger partial charge is 0.235 e. The van der Waals surface area contributed by atoms with E-state index >= 15 is 0 Å². The lowest BCUT2D eigenvalue weighted by molar-refractivity contribution is 0.337. The molecule has 7 nitrogen and oxygen atoms in total. The standard InChI is InChI=1S/C20H24N4O3S/c21-15-18-20(27-19(22-18)16-7-3-1-4-8-16)23-13-9-17(10-14-23)28(25,26)24-11-5-2-6-12-24/h1,3-4,7-8,17H,2,5-6,9-14H2. The summed E-state index contributed by atoms with van der Waals surface area (Å²) in [6, 6.07) is 11.6. The third kappa shape index (κ3) is 3.64. The number of rotatable bonds is 4. The molecule has 0 radical (unpaired) electrons. The normalized spacial score (nSPS) is 19.5. The van der Waals surface area contributed by atoms with Crippen LogP contribution in [0.5, 0.6) is 0 Å². The van der Waals surface area contributed by atoms with Gasteiger partial charge in [0.2, 0.25) is 27.5 Å². The zero-order chi connectivity index (χ0) is 19.6. The number of aromatic nitrogens is 1. The SMILES string of the molecule is N#Cc1nc(-c2ccccc2)oc1N1CCC(S(=O)(=O)N2CCCCC2)CC1. The number of oxazole rings is 1. The van der Waals surface area contributed by atoms with Crippen LogP contribution < -0.4 is 4.90 Å². The van der Waals surface area contributed by atoms with Crippen LogP contribution in [0.25, 0.3) is 11.5 Å². The lowest BCUT2D eigenvalue weighted by Crippen LogP contribution is -2.46. The maximum absolute atomic E-state index is 12.9. The average Bonchev–Trinajstić information content (AvgIpc) is 3.20. The minimum atomic E-state index is -3.25. The fraction of sp³-hybridized carbons (Fsp3) is 0.500. The van der Waals surface area contributed by atoms with Crippen LogP contribution >= 0.6 is 0 Å². The molecule has 2 aromatic rings. The molecule has 2 saturated heterocycles. The van der Waals surface area contributed by atoms with Crippen molar-refractivity contribution in [3.05, 3.63) is 36.0 Å². The molecule has 8 heteroatoms. The van der Waals surface area contributed by atoms with Crippen molar-refractivity contribution in [2.24, 2.45) is 0 Å². The summed E-state index contributed by atoms with van der Waals surface area (Å²) < 4.78 is 33.4. The van der Waals surface area contributed by atoms with Crippen LogP contribution in [-0.2, 0) is 10.0 Å². The lowest BCUT2D eigenvalue weighted by Gasteiger charge is -2.35. The van der Waals surface area contributed by atoms with E-state index in [9.17, 15) is 13.7 Å². The molecule has 0 spiro atoms. The van der Waals surface area contributed by atoms with Gasteiger partial charge in [0.15, 0.2) is 0 Å². The van der Waals surface area contributed by atoms with Crippen LogP contribution in [0, 0.1) is 11.3 Å². The molecule has 0 atom stereocenters. The molecule has 0 bridgehead atoms. The van der Waals surface area contributed by atoms with E-state index < -0.39 is 10.0 Å². The molecule has 2 aliphatic heterocycles. The van der Waals surface area contributed by atoms with E-state index in [1.54, 1.807) is 4.31 Å². The molecule has 0 N–H and O–H groups in total. The number of sulfonamides is 1. The van der Waals surface area contributed by atoms with Gasteiger partial charge < -0.3 is 9.32 Å². The summed E-state index contributed by atoms with van der Waals surface area (Å²) in [5.74, 6) is 0.852. The van der Waals surface area contributed by atoms with Crippen LogP contribution in [0.4, 0.5) is 5.88 Å². The van der Waals surface area contributed by atoms with Gasteiger partial charge >= 0.3 is 0 Å². The Hall–Kier alpha value is -2.37. The summed E-state index contributed by atoms with van der Waals surface area (Å²) >= 11 is 0. The van der Waals surface area contributed by atoms with E-state index in [2.05, 4.69) is 11.1 Å². The predicted molar refractivity (Wildman–Crippen MR) is 106 cm³/mol. The van der Waals surface area contributed by atoms with Gasteiger partial charge in [-0.3, -0.25) is 0 Å². The monoisotopic (exact) mass is 400 g/mol. The van der Waals surface area contributed by atoms with Crippen LogP contribution in [0.15, 0.2) is 34.7 Å². The quantitative estimate of drug-likeness (QED) is 0.784. The van der Waals surface area contributed by atoms with Gasteiger partial charge in [0.05, 0.1) is 5.25 Å². The highest BCUT2D eigenvalue weighted by atomic mass is 32.2. The molecule has 2 fully saturated rings. The maximum Gasteiger partial charge on any atom is 0.235 e. The fourth-order valence-corrected chi connectivity index (χ4v) is 5.99. The van der Waals surface area contributed by atoms with E-state index in [0.29, 0.717) is 50.8 Å². The predicted octanol–water partition coefficient (Wildman–Crippen LogP) is 3.00. The number of nitrogens with zero attached hydrogens (tertiary/aromatic N) is 4. The summed E-state index contributed by atoms with van der Waals surface area (Å²) in [6.45, 7) is 2.36. The first kappa shape index (κ1) is 19.0. The Morgan fingerprint density at radius 2 is 1.71 bits per heavy atom. The summed E-state index contributed by atoms with van der Waals surface area (Å²) in [7, 11) is -3.25. The summed E-state index contributed by atoms with van der Waals surface area (Å²) in [6.07, 6.45) is 4.07. The van der Waals surface area contributed by atoms with E-state index in [1.807, 2.05) is 35.2 Å². The van der Waals surface area contributed by atoms with E-state index in [-0.39, 0.29) is 10.9 Å². The molecular weight excluding hydrogens is 376 g/mol. The van der Waals surface area contributed by atoms with E-state index in [0.717, 1.165) is 24.8 Å². The Bertz CT molecular complexity index is 951. The largest absolute Gasteiger partial charge is 0.419 e. The first-order valence-corrected chi connectivity index (χ1v) is 11.3. The first-order chi connectivity index (χ1) is 13.6. The molecule has 3 heterocycles.